The monoisotopic (exact) mass is 419 g/mol. The van der Waals surface area contributed by atoms with E-state index in [0.717, 1.165) is 39.4 Å². The number of pyridine rings is 1. The van der Waals surface area contributed by atoms with Crippen LogP contribution in [0.2, 0.25) is 5.02 Å². The van der Waals surface area contributed by atoms with Crippen molar-refractivity contribution >= 4 is 38.1 Å². The van der Waals surface area contributed by atoms with Crippen molar-refractivity contribution in [1.82, 2.24) is 15.2 Å². The Labute approximate surface area is 163 Å². The van der Waals surface area contributed by atoms with Crippen LogP contribution >= 0.6 is 27.5 Å². The molecule has 25 heavy (non-hydrogen) atoms. The van der Waals surface area contributed by atoms with Gasteiger partial charge in [-0.15, -0.1) is 0 Å². The standard InChI is InChI=1S/C15H11BrClN.C5H12N2/c1-9-12-5-4-11(17)8-13(12)14(16)7-10-3-2-6-18-15(9)10;1-7-4-2-6-3-5-7/h2-9H,1H3;6H,2-5H2,1H3. The van der Waals surface area contributed by atoms with E-state index in [9.17, 15) is 0 Å². The first-order valence-corrected chi connectivity index (χ1v) is 9.74. The molecule has 2 heterocycles. The molecule has 1 unspecified atom stereocenters. The third-order valence-electron chi connectivity index (χ3n) is 4.64. The predicted octanol–water partition coefficient (Wildman–Crippen LogP) is 4.61. The van der Waals surface area contributed by atoms with E-state index in [0.29, 0.717) is 0 Å². The number of nitrogens with one attached hydrogen (secondary N) is 1. The molecule has 2 aliphatic rings. The summed E-state index contributed by atoms with van der Waals surface area (Å²) in [5.74, 6) is 0.264. The second-order valence-corrected chi connectivity index (χ2v) is 7.77. The number of rotatable bonds is 0. The first kappa shape index (κ1) is 18.6. The van der Waals surface area contributed by atoms with E-state index in [2.05, 4.69) is 63.3 Å². The Morgan fingerprint density at radius 3 is 2.68 bits per heavy atom. The molecule has 5 heteroatoms. The Bertz CT molecular complexity index is 769. The lowest BCUT2D eigenvalue weighted by molar-refractivity contribution is 0.291. The number of piperazine rings is 1. The Hall–Kier alpha value is -1.20. The topological polar surface area (TPSA) is 28.2 Å². The zero-order valence-electron chi connectivity index (χ0n) is 14.6. The Morgan fingerprint density at radius 2 is 2.00 bits per heavy atom. The van der Waals surface area contributed by atoms with Crippen LogP contribution in [-0.2, 0) is 0 Å². The number of hydrogen-bond donors (Lipinski definition) is 1. The zero-order chi connectivity index (χ0) is 17.8. The molecular weight excluding hydrogens is 398 g/mol. The molecular formula is C20H23BrClN3. The average Bonchev–Trinajstić information content (AvgIpc) is 2.72. The summed E-state index contributed by atoms with van der Waals surface area (Å²) < 4.78 is 1.05. The molecule has 1 aromatic carbocycles. The van der Waals surface area contributed by atoms with E-state index in [1.165, 1.54) is 18.7 Å². The molecule has 0 saturated carbocycles. The van der Waals surface area contributed by atoms with Crippen molar-refractivity contribution in [3.8, 4) is 0 Å². The molecule has 0 bridgehead atoms. The minimum absolute atomic E-state index is 0.264. The number of nitrogens with zero attached hydrogens (tertiary/aromatic N) is 2. The van der Waals surface area contributed by atoms with Crippen molar-refractivity contribution in [2.45, 2.75) is 12.8 Å². The van der Waals surface area contributed by atoms with Crippen molar-refractivity contribution in [2.24, 2.45) is 0 Å². The van der Waals surface area contributed by atoms with Crippen molar-refractivity contribution in [1.29, 1.82) is 0 Å². The Kier molecular flexibility index (Phi) is 6.29. The largest absolute Gasteiger partial charge is 0.314 e. The molecule has 2 aromatic rings. The summed E-state index contributed by atoms with van der Waals surface area (Å²) in [6, 6.07) is 10.1. The van der Waals surface area contributed by atoms with Gasteiger partial charge in [-0.2, -0.15) is 0 Å². The van der Waals surface area contributed by atoms with Crippen LogP contribution in [0.25, 0.3) is 10.6 Å². The molecule has 3 nitrogen and oxygen atoms in total. The molecule has 0 spiro atoms. The van der Waals surface area contributed by atoms with Gasteiger partial charge in [0.05, 0.1) is 5.69 Å². The molecule has 1 aliphatic carbocycles. The van der Waals surface area contributed by atoms with E-state index < -0.39 is 0 Å². The molecule has 0 radical (unpaired) electrons. The second-order valence-electron chi connectivity index (χ2n) is 6.48. The fraction of sp³-hybridized carbons (Fsp3) is 0.350. The molecule has 1 aromatic heterocycles. The van der Waals surface area contributed by atoms with E-state index in [4.69, 9.17) is 11.6 Å². The first-order chi connectivity index (χ1) is 12.1. The number of halogens is 2. The van der Waals surface area contributed by atoms with Gasteiger partial charge in [0.15, 0.2) is 0 Å². The smallest absolute Gasteiger partial charge is 0.0548 e. The lowest BCUT2D eigenvalue weighted by Gasteiger charge is -2.21. The number of aromatic nitrogens is 1. The number of fused-ring (bicyclic) bond motifs is 2. The Balaban J connectivity index is 0.000000219. The maximum absolute atomic E-state index is 6.09. The average molecular weight is 421 g/mol. The first-order valence-electron chi connectivity index (χ1n) is 8.57. The van der Waals surface area contributed by atoms with Crippen LogP contribution in [0.1, 0.15) is 35.2 Å². The van der Waals surface area contributed by atoms with Gasteiger partial charge in [-0.25, -0.2) is 0 Å². The Morgan fingerprint density at radius 1 is 1.24 bits per heavy atom. The summed E-state index contributed by atoms with van der Waals surface area (Å²) >= 11 is 9.73. The van der Waals surface area contributed by atoms with Gasteiger partial charge in [0.1, 0.15) is 0 Å². The van der Waals surface area contributed by atoms with E-state index in [1.54, 1.807) is 0 Å². The highest BCUT2D eigenvalue weighted by molar-refractivity contribution is 9.15. The summed E-state index contributed by atoms with van der Waals surface area (Å²) in [6.07, 6.45) is 3.96. The van der Waals surface area contributed by atoms with E-state index in [-0.39, 0.29) is 5.92 Å². The maximum Gasteiger partial charge on any atom is 0.0548 e. The molecule has 1 saturated heterocycles. The highest BCUT2D eigenvalue weighted by atomic mass is 79.9. The van der Waals surface area contributed by atoms with Gasteiger partial charge in [-0.3, -0.25) is 4.98 Å². The van der Waals surface area contributed by atoms with Crippen molar-refractivity contribution < 1.29 is 0 Å². The molecule has 4 rings (SSSR count). The van der Waals surface area contributed by atoms with Gasteiger partial charge in [0, 0.05) is 47.8 Å². The fourth-order valence-corrected chi connectivity index (χ4v) is 3.93. The lowest BCUT2D eigenvalue weighted by Crippen LogP contribution is -2.40. The second kappa shape index (κ2) is 8.45. The zero-order valence-corrected chi connectivity index (χ0v) is 16.9. The van der Waals surface area contributed by atoms with Crippen LogP contribution < -0.4 is 5.32 Å². The van der Waals surface area contributed by atoms with Crippen LogP contribution in [0, 0.1) is 0 Å². The molecule has 0 amide bonds. The number of hydrogen-bond acceptors (Lipinski definition) is 3. The minimum Gasteiger partial charge on any atom is -0.314 e. The van der Waals surface area contributed by atoms with Gasteiger partial charge < -0.3 is 10.2 Å². The molecule has 1 fully saturated rings. The van der Waals surface area contributed by atoms with E-state index in [1.807, 2.05) is 24.4 Å². The summed E-state index contributed by atoms with van der Waals surface area (Å²) in [4.78, 5) is 6.85. The summed E-state index contributed by atoms with van der Waals surface area (Å²) in [5.41, 5.74) is 4.66. The van der Waals surface area contributed by atoms with Gasteiger partial charge >= 0.3 is 0 Å². The maximum atomic E-state index is 6.09. The summed E-state index contributed by atoms with van der Waals surface area (Å²) in [5, 5.41) is 4.03. The molecule has 1 atom stereocenters. The molecule has 1 N–H and O–H groups in total. The van der Waals surface area contributed by atoms with Crippen molar-refractivity contribution in [3.63, 3.8) is 0 Å². The quantitative estimate of drug-likeness (QED) is 0.674. The third kappa shape index (κ3) is 4.50. The molecule has 1 aliphatic heterocycles. The lowest BCUT2D eigenvalue weighted by atomic mass is 9.93. The van der Waals surface area contributed by atoms with Crippen molar-refractivity contribution in [3.05, 3.63) is 63.9 Å². The molecule has 132 valence electrons. The van der Waals surface area contributed by atoms with Crippen LogP contribution in [-0.4, -0.2) is 43.1 Å². The predicted molar refractivity (Wildman–Crippen MR) is 110 cm³/mol. The van der Waals surface area contributed by atoms with Gasteiger partial charge in [-0.1, -0.05) is 46.6 Å². The van der Waals surface area contributed by atoms with Gasteiger partial charge in [0.25, 0.3) is 0 Å². The third-order valence-corrected chi connectivity index (χ3v) is 5.53. The van der Waals surface area contributed by atoms with E-state index >= 15 is 0 Å². The number of benzene rings is 1. The highest BCUT2D eigenvalue weighted by Gasteiger charge is 2.21. The van der Waals surface area contributed by atoms with Crippen LogP contribution in [0.4, 0.5) is 0 Å². The normalized spacial score (nSPS) is 19.7. The van der Waals surface area contributed by atoms with Crippen LogP contribution in [0.5, 0.6) is 0 Å². The summed E-state index contributed by atoms with van der Waals surface area (Å²) in [6.45, 7) is 6.92. The van der Waals surface area contributed by atoms with Crippen molar-refractivity contribution in [2.75, 3.05) is 33.2 Å². The summed E-state index contributed by atoms with van der Waals surface area (Å²) in [7, 11) is 2.15. The van der Waals surface area contributed by atoms with Crippen LogP contribution in [0.3, 0.4) is 0 Å². The number of likely N-dealkylation sites (N-methyl/N-ethyl adjacent to an activating group) is 1. The van der Waals surface area contributed by atoms with Crippen LogP contribution in [0.15, 0.2) is 36.5 Å². The SMILES string of the molecule is CC1c2ccc(Cl)cc2C(Br)=Cc2cccnc21.CN1CCNCC1. The highest BCUT2D eigenvalue weighted by Crippen LogP contribution is 2.39. The van der Waals surface area contributed by atoms with Gasteiger partial charge in [-0.05, 0) is 48.0 Å². The van der Waals surface area contributed by atoms with Gasteiger partial charge in [0.2, 0.25) is 0 Å². The fourth-order valence-electron chi connectivity index (χ4n) is 3.16. The minimum atomic E-state index is 0.264.